The lowest BCUT2D eigenvalue weighted by Crippen LogP contribution is -2.68. The molecule has 1 heterocycles. The Morgan fingerprint density at radius 1 is 1.00 bits per heavy atom. The van der Waals surface area contributed by atoms with Gasteiger partial charge in [0.1, 0.15) is 0 Å². The Labute approximate surface area is 154 Å². The van der Waals surface area contributed by atoms with Crippen LogP contribution in [-0.4, -0.2) is 4.92 Å². The molecule has 0 radical (unpaired) electrons. The highest BCUT2D eigenvalue weighted by molar-refractivity contribution is 6.31. The summed E-state index contributed by atoms with van der Waals surface area (Å²) in [6, 6.07) is 13.8. The maximum Gasteiger partial charge on any atom is 0.367 e. The van der Waals surface area contributed by atoms with Gasteiger partial charge in [0.15, 0.2) is 0 Å². The van der Waals surface area contributed by atoms with Crippen molar-refractivity contribution < 1.29 is 38.2 Å². The summed E-state index contributed by atoms with van der Waals surface area (Å²) in [5, 5.41) is 13.3. The lowest BCUT2D eigenvalue weighted by molar-refractivity contribution is -2.00. The molecule has 0 aliphatic carbocycles. The van der Waals surface area contributed by atoms with Crippen molar-refractivity contribution >= 4 is 28.1 Å². The predicted octanol–water partition coefficient (Wildman–Crippen LogP) is 0.495. The van der Waals surface area contributed by atoms with Crippen molar-refractivity contribution in [1.82, 2.24) is 0 Å². The highest BCUT2D eigenvalue weighted by Gasteiger charge is 2.20. The molecule has 8 nitrogen and oxygen atoms in total. The molecule has 26 heavy (non-hydrogen) atoms. The third kappa shape index (κ3) is 5.60. The number of fused-ring (bicyclic) bond motifs is 1. The van der Waals surface area contributed by atoms with Crippen molar-refractivity contribution in [3.63, 3.8) is 0 Å². The first-order chi connectivity index (χ1) is 12.0. The Hall–Kier alpha value is -2.33. The molecule has 2 aromatic carbocycles. The minimum atomic E-state index is -4.94. The Kier molecular flexibility index (Phi) is 6.09. The second-order valence-electron chi connectivity index (χ2n) is 5.10. The van der Waals surface area contributed by atoms with Gasteiger partial charge in [0.05, 0.1) is 22.8 Å². The van der Waals surface area contributed by atoms with Gasteiger partial charge in [-0.2, -0.15) is 0 Å². The van der Waals surface area contributed by atoms with E-state index in [-0.39, 0.29) is 5.69 Å². The van der Waals surface area contributed by atoms with Gasteiger partial charge in [0, 0.05) is 28.6 Å². The average Bonchev–Trinajstić information content (AvgIpc) is 2.52. The fourth-order valence-electron chi connectivity index (χ4n) is 2.27. The Morgan fingerprint density at radius 2 is 1.58 bits per heavy atom. The van der Waals surface area contributed by atoms with E-state index in [4.69, 9.17) is 34.7 Å². The Balaban J connectivity index is 0.000000431. The number of nitrogens with zero attached hydrogens (tertiary/aromatic N) is 1. The van der Waals surface area contributed by atoms with E-state index in [2.05, 4.69) is 0 Å². The van der Waals surface area contributed by atoms with Crippen LogP contribution in [0.25, 0.3) is 22.1 Å². The van der Waals surface area contributed by atoms with Crippen molar-refractivity contribution in [2.45, 2.75) is 6.92 Å². The molecule has 0 unspecified atom stereocenters. The molecule has 1 aromatic heterocycles. The number of benzene rings is 2. The van der Waals surface area contributed by atoms with Gasteiger partial charge in [0.2, 0.25) is 0 Å². The summed E-state index contributed by atoms with van der Waals surface area (Å²) in [6.07, 6.45) is 0. The van der Waals surface area contributed by atoms with Crippen LogP contribution in [0.1, 0.15) is 5.76 Å². The van der Waals surface area contributed by atoms with Crippen LogP contribution in [0.15, 0.2) is 52.9 Å². The van der Waals surface area contributed by atoms with Crippen LogP contribution in [0.2, 0.25) is 5.02 Å². The Morgan fingerprint density at radius 3 is 2.12 bits per heavy atom. The third-order valence-corrected chi connectivity index (χ3v) is 3.46. The predicted molar refractivity (Wildman–Crippen MR) is 82.5 cm³/mol. The number of hydrogen-bond donors (Lipinski definition) is 0. The van der Waals surface area contributed by atoms with E-state index in [1.807, 2.05) is 25.1 Å². The van der Waals surface area contributed by atoms with Gasteiger partial charge in [-0.25, -0.2) is 23.1 Å². The largest absolute Gasteiger partial charge is 0.367 e. The summed E-state index contributed by atoms with van der Waals surface area (Å²) < 4.78 is 39.8. The van der Waals surface area contributed by atoms with Gasteiger partial charge in [-0.15, -0.1) is 10.2 Å². The van der Waals surface area contributed by atoms with E-state index >= 15 is 0 Å². The smallest absolute Gasteiger partial charge is 0.258 e. The molecule has 0 spiro atoms. The molecule has 3 aromatic rings. The minimum absolute atomic E-state index is 0.0544. The van der Waals surface area contributed by atoms with Crippen LogP contribution in [-0.2, 0) is 0 Å². The first kappa shape index (κ1) is 20.0. The molecule has 0 bridgehead atoms. The summed E-state index contributed by atoms with van der Waals surface area (Å²) in [6.45, 7) is 1.86. The number of nitro benzene ring substituents is 1. The zero-order valence-electron chi connectivity index (χ0n) is 13.2. The zero-order valence-corrected chi connectivity index (χ0v) is 14.7. The van der Waals surface area contributed by atoms with Crippen molar-refractivity contribution in [3.8, 4) is 11.3 Å². The second-order valence-corrected chi connectivity index (χ2v) is 6.29. The molecule has 0 aliphatic rings. The summed E-state index contributed by atoms with van der Waals surface area (Å²) in [5.41, 5.74) is 0.843. The molecule has 0 amide bonds. The third-order valence-electron chi connectivity index (χ3n) is 3.22. The topological polar surface area (TPSA) is 147 Å². The highest BCUT2D eigenvalue weighted by atomic mass is 35.7. The number of aryl methyl sites for hydroxylation is 1. The fraction of sp³-hybridized carbons (Fsp3) is 0.0625. The van der Waals surface area contributed by atoms with E-state index in [9.17, 15) is 10.1 Å². The lowest BCUT2D eigenvalue weighted by atomic mass is 10.0. The monoisotopic (exact) mass is 399 g/mol. The van der Waals surface area contributed by atoms with Gasteiger partial charge in [0.25, 0.3) is 5.69 Å². The maximum absolute atomic E-state index is 10.7. The molecule has 0 N–H and O–H groups in total. The van der Waals surface area contributed by atoms with E-state index in [0.29, 0.717) is 10.8 Å². The minimum Gasteiger partial charge on any atom is -0.258 e. The summed E-state index contributed by atoms with van der Waals surface area (Å²) >= 11 is 6.02. The molecular formula is C16H11Cl2NO7. The molecule has 0 atom stereocenters. The van der Waals surface area contributed by atoms with Crippen molar-refractivity contribution in [1.29, 1.82) is 0 Å². The van der Waals surface area contributed by atoms with Crippen LogP contribution >= 0.6 is 11.6 Å². The highest BCUT2D eigenvalue weighted by Crippen LogP contribution is 2.32. The van der Waals surface area contributed by atoms with Gasteiger partial charge < -0.3 is 0 Å². The fourth-order valence-corrected chi connectivity index (χ4v) is 2.45. The van der Waals surface area contributed by atoms with Gasteiger partial charge >= 0.3 is 11.5 Å². The van der Waals surface area contributed by atoms with Gasteiger partial charge in [-0.1, -0.05) is 11.6 Å². The maximum atomic E-state index is 10.7. The summed E-state index contributed by atoms with van der Waals surface area (Å²) in [7, 11) is -4.94. The lowest BCUT2D eigenvalue weighted by Gasteiger charge is -2.17. The molecule has 0 saturated heterocycles. The zero-order chi connectivity index (χ0) is 19.5. The van der Waals surface area contributed by atoms with E-state index < -0.39 is 15.2 Å². The van der Waals surface area contributed by atoms with Crippen molar-refractivity contribution in [3.05, 3.63) is 69.4 Å². The van der Waals surface area contributed by atoms with Gasteiger partial charge in [-0.3, -0.25) is 10.1 Å². The number of nitro groups is 1. The second kappa shape index (κ2) is 7.92. The van der Waals surface area contributed by atoms with E-state index in [1.165, 1.54) is 12.1 Å². The molecule has 0 saturated carbocycles. The number of rotatable bonds is 2. The molecule has 0 aliphatic heterocycles. The number of halogens is 2. The number of non-ortho nitro benzene ring substituents is 1. The molecule has 136 valence electrons. The van der Waals surface area contributed by atoms with Crippen LogP contribution in [0.3, 0.4) is 0 Å². The van der Waals surface area contributed by atoms with E-state index in [0.717, 1.165) is 22.1 Å². The first-order valence-electron chi connectivity index (χ1n) is 6.94. The van der Waals surface area contributed by atoms with Crippen LogP contribution in [0.4, 0.5) is 5.69 Å². The average molecular weight is 400 g/mol. The first-order valence-corrected chi connectivity index (χ1v) is 8.55. The number of hydrogen-bond acceptors (Lipinski definition) is 6. The standard InChI is InChI=1S/C16H11ClNO3.ClHO4/c1-10-8-12-9-13(17)4-7-15(12)16(21-10)11-2-5-14(6-3-11)18(19)20;2-1(3,4)5/h2-9H,1H3;(H,2,3,4,5)/q+1;/p-1. The van der Waals surface area contributed by atoms with Crippen molar-refractivity contribution in [2.75, 3.05) is 0 Å². The molecule has 10 heteroatoms. The van der Waals surface area contributed by atoms with Crippen LogP contribution < -0.4 is 18.6 Å². The van der Waals surface area contributed by atoms with Crippen molar-refractivity contribution in [2.24, 2.45) is 0 Å². The van der Waals surface area contributed by atoms with Crippen LogP contribution in [0, 0.1) is 27.3 Å². The van der Waals surface area contributed by atoms with Crippen LogP contribution in [0.5, 0.6) is 0 Å². The molecular weight excluding hydrogens is 389 g/mol. The molecule has 0 fully saturated rings. The molecule has 3 rings (SSSR count). The van der Waals surface area contributed by atoms with Gasteiger partial charge in [-0.05, 0) is 30.3 Å². The normalized spacial score (nSPS) is 11.0. The quantitative estimate of drug-likeness (QED) is 0.346. The Bertz CT molecular complexity index is 928. The summed E-state index contributed by atoms with van der Waals surface area (Å²) in [5.74, 6) is 1.43. The SMILES string of the molecule is Cc1cc2cc(Cl)ccc2c(-c2ccc([N+](=O)[O-])cc2)[o+]1.[O-][Cl+3]([O-])([O-])[O-]. The van der Waals surface area contributed by atoms with E-state index in [1.54, 1.807) is 18.2 Å². The summed E-state index contributed by atoms with van der Waals surface area (Å²) in [4.78, 5) is 10.3.